The van der Waals surface area contributed by atoms with Gasteiger partial charge >= 0.3 is 0 Å². The van der Waals surface area contributed by atoms with E-state index in [2.05, 4.69) is 0 Å². The Kier molecular flexibility index (Phi) is 4.06. The molecule has 1 N–H and O–H groups in total. The second kappa shape index (κ2) is 4.86. The molecule has 0 amide bonds. The molecule has 13 heavy (non-hydrogen) atoms. The molecule has 2 nitrogen and oxygen atoms in total. The Bertz CT molecular complexity index is 147. The van der Waals surface area contributed by atoms with Crippen LogP contribution in [0.5, 0.6) is 0 Å². The third-order valence-corrected chi connectivity index (χ3v) is 2.35. The molecule has 0 unspecified atom stereocenters. The first-order valence-electron chi connectivity index (χ1n) is 4.85. The standard InChI is InChI=1S/C9H17F2NO/c10-9(11,4-3-7-13)8-12-5-1-2-6-12/h13H,1-8H2. The lowest BCUT2D eigenvalue weighted by Gasteiger charge is -2.22. The van der Waals surface area contributed by atoms with Gasteiger partial charge in [-0.3, -0.25) is 4.90 Å². The number of hydrogen-bond acceptors (Lipinski definition) is 2. The third-order valence-electron chi connectivity index (χ3n) is 2.35. The highest BCUT2D eigenvalue weighted by atomic mass is 19.3. The quantitative estimate of drug-likeness (QED) is 0.715. The van der Waals surface area contributed by atoms with E-state index < -0.39 is 5.92 Å². The van der Waals surface area contributed by atoms with Crippen LogP contribution < -0.4 is 0 Å². The normalized spacial score (nSPS) is 19.6. The van der Waals surface area contributed by atoms with Crippen molar-refractivity contribution in [3.05, 3.63) is 0 Å². The summed E-state index contributed by atoms with van der Waals surface area (Å²) in [6, 6.07) is 0. The summed E-state index contributed by atoms with van der Waals surface area (Å²) in [5, 5.41) is 8.44. The van der Waals surface area contributed by atoms with Gasteiger partial charge in [0.05, 0.1) is 6.54 Å². The monoisotopic (exact) mass is 193 g/mol. The smallest absolute Gasteiger partial charge is 0.260 e. The van der Waals surface area contributed by atoms with E-state index in [0.29, 0.717) is 0 Å². The van der Waals surface area contributed by atoms with E-state index in [9.17, 15) is 8.78 Å². The van der Waals surface area contributed by atoms with Gasteiger partial charge in [-0.2, -0.15) is 0 Å². The molecule has 0 aromatic rings. The Morgan fingerprint density at radius 1 is 1.23 bits per heavy atom. The Balaban J connectivity index is 2.23. The van der Waals surface area contributed by atoms with Crippen molar-refractivity contribution in [3.63, 3.8) is 0 Å². The Morgan fingerprint density at radius 2 is 1.85 bits per heavy atom. The summed E-state index contributed by atoms with van der Waals surface area (Å²) in [5.41, 5.74) is 0. The summed E-state index contributed by atoms with van der Waals surface area (Å²) in [7, 11) is 0. The van der Waals surface area contributed by atoms with Crippen LogP contribution in [0.15, 0.2) is 0 Å². The van der Waals surface area contributed by atoms with Gasteiger partial charge in [0.2, 0.25) is 0 Å². The summed E-state index contributed by atoms with van der Waals surface area (Å²) in [6.45, 7) is 1.33. The molecular weight excluding hydrogens is 176 g/mol. The summed E-state index contributed by atoms with van der Waals surface area (Å²) in [6.07, 6.45) is 2.08. The van der Waals surface area contributed by atoms with E-state index in [1.165, 1.54) is 0 Å². The number of likely N-dealkylation sites (tertiary alicyclic amines) is 1. The molecule has 1 rings (SSSR count). The lowest BCUT2D eigenvalue weighted by molar-refractivity contribution is -0.0385. The van der Waals surface area contributed by atoms with Crippen molar-refractivity contribution in [2.45, 2.75) is 31.6 Å². The minimum Gasteiger partial charge on any atom is -0.396 e. The van der Waals surface area contributed by atoms with Crippen molar-refractivity contribution in [2.75, 3.05) is 26.2 Å². The van der Waals surface area contributed by atoms with Crippen LogP contribution in [-0.4, -0.2) is 42.2 Å². The van der Waals surface area contributed by atoms with Crippen LogP contribution in [0.1, 0.15) is 25.7 Å². The molecule has 4 heteroatoms. The van der Waals surface area contributed by atoms with Crippen molar-refractivity contribution in [2.24, 2.45) is 0 Å². The van der Waals surface area contributed by atoms with Crippen molar-refractivity contribution in [1.29, 1.82) is 0 Å². The van der Waals surface area contributed by atoms with Gasteiger partial charge in [-0.1, -0.05) is 0 Å². The zero-order chi connectivity index (χ0) is 9.73. The maximum atomic E-state index is 13.1. The highest BCUT2D eigenvalue weighted by molar-refractivity contribution is 4.75. The van der Waals surface area contributed by atoms with Crippen molar-refractivity contribution >= 4 is 0 Å². The molecule has 1 fully saturated rings. The first-order chi connectivity index (χ1) is 6.14. The molecule has 78 valence electrons. The number of aliphatic hydroxyl groups is 1. The van der Waals surface area contributed by atoms with Gasteiger partial charge in [0.15, 0.2) is 0 Å². The molecule has 0 aromatic heterocycles. The minimum atomic E-state index is -2.62. The van der Waals surface area contributed by atoms with Crippen molar-refractivity contribution in [3.8, 4) is 0 Å². The molecule has 0 radical (unpaired) electrons. The Labute approximate surface area is 77.5 Å². The number of nitrogens with zero attached hydrogens (tertiary/aromatic N) is 1. The molecule has 0 saturated carbocycles. The van der Waals surface area contributed by atoms with Gasteiger partial charge in [-0.05, 0) is 32.4 Å². The predicted octanol–water partition coefficient (Wildman–Crippen LogP) is 1.49. The van der Waals surface area contributed by atoms with E-state index in [1.54, 1.807) is 4.90 Å². The van der Waals surface area contributed by atoms with Crippen LogP contribution in [0.25, 0.3) is 0 Å². The lowest BCUT2D eigenvalue weighted by Crippen LogP contribution is -2.35. The van der Waals surface area contributed by atoms with Crippen LogP contribution in [0.4, 0.5) is 8.78 Å². The van der Waals surface area contributed by atoms with Gasteiger partial charge in [-0.15, -0.1) is 0 Å². The largest absolute Gasteiger partial charge is 0.396 e. The fourth-order valence-electron chi connectivity index (χ4n) is 1.68. The van der Waals surface area contributed by atoms with E-state index in [0.717, 1.165) is 25.9 Å². The molecule has 1 aliphatic rings. The molecule has 0 atom stereocenters. The highest BCUT2D eigenvalue weighted by Gasteiger charge is 2.31. The van der Waals surface area contributed by atoms with Crippen LogP contribution in [0.3, 0.4) is 0 Å². The van der Waals surface area contributed by atoms with E-state index in [1.807, 2.05) is 0 Å². The summed E-state index contributed by atoms with van der Waals surface area (Å²) < 4.78 is 26.2. The fourth-order valence-corrected chi connectivity index (χ4v) is 1.68. The van der Waals surface area contributed by atoms with Gasteiger partial charge in [0.1, 0.15) is 0 Å². The number of aliphatic hydroxyl groups excluding tert-OH is 1. The van der Waals surface area contributed by atoms with E-state index in [-0.39, 0.29) is 26.0 Å². The van der Waals surface area contributed by atoms with Gasteiger partial charge in [-0.25, -0.2) is 8.78 Å². The molecule has 1 aliphatic heterocycles. The Morgan fingerprint density at radius 3 is 2.38 bits per heavy atom. The molecule has 1 heterocycles. The van der Waals surface area contributed by atoms with E-state index >= 15 is 0 Å². The number of hydrogen-bond donors (Lipinski definition) is 1. The number of alkyl halides is 2. The first-order valence-corrected chi connectivity index (χ1v) is 4.85. The predicted molar refractivity (Wildman–Crippen MR) is 46.9 cm³/mol. The molecule has 0 aromatic carbocycles. The molecule has 0 spiro atoms. The maximum Gasteiger partial charge on any atom is 0.260 e. The zero-order valence-corrected chi connectivity index (χ0v) is 7.81. The maximum absolute atomic E-state index is 13.1. The minimum absolute atomic E-state index is 0.132. The Hall–Kier alpha value is -0.220. The van der Waals surface area contributed by atoms with Crippen LogP contribution in [0, 0.1) is 0 Å². The zero-order valence-electron chi connectivity index (χ0n) is 7.81. The van der Waals surface area contributed by atoms with E-state index in [4.69, 9.17) is 5.11 Å². The van der Waals surface area contributed by atoms with Crippen molar-refractivity contribution < 1.29 is 13.9 Å². The summed E-state index contributed by atoms with van der Waals surface area (Å²) in [5.74, 6) is -2.62. The summed E-state index contributed by atoms with van der Waals surface area (Å²) >= 11 is 0. The second-order valence-electron chi connectivity index (χ2n) is 3.67. The highest BCUT2D eigenvalue weighted by Crippen LogP contribution is 2.23. The van der Waals surface area contributed by atoms with Crippen LogP contribution in [0.2, 0.25) is 0 Å². The number of rotatable bonds is 5. The van der Waals surface area contributed by atoms with Gasteiger partial charge in [0, 0.05) is 13.0 Å². The molecule has 0 aliphatic carbocycles. The average molecular weight is 193 g/mol. The first kappa shape index (κ1) is 10.9. The van der Waals surface area contributed by atoms with Crippen LogP contribution in [-0.2, 0) is 0 Å². The van der Waals surface area contributed by atoms with Crippen LogP contribution >= 0.6 is 0 Å². The SMILES string of the molecule is OCCCC(F)(F)CN1CCCC1. The van der Waals surface area contributed by atoms with Gasteiger partial charge < -0.3 is 5.11 Å². The molecule has 0 bridgehead atoms. The molecule has 1 saturated heterocycles. The van der Waals surface area contributed by atoms with Crippen molar-refractivity contribution in [1.82, 2.24) is 4.90 Å². The number of halogens is 2. The average Bonchev–Trinajstić information content (AvgIpc) is 2.52. The van der Waals surface area contributed by atoms with Gasteiger partial charge in [0.25, 0.3) is 5.92 Å². The topological polar surface area (TPSA) is 23.5 Å². The lowest BCUT2D eigenvalue weighted by atomic mass is 10.2. The fraction of sp³-hybridized carbons (Fsp3) is 1.00. The second-order valence-corrected chi connectivity index (χ2v) is 3.67. The third kappa shape index (κ3) is 4.00. The molecular formula is C9H17F2NO. The summed E-state index contributed by atoms with van der Waals surface area (Å²) in [4.78, 5) is 1.80.